The first-order valence-electron chi connectivity index (χ1n) is 7.79. The quantitative estimate of drug-likeness (QED) is 0.776. The maximum Gasteiger partial charge on any atom is 0.245 e. The van der Waals surface area contributed by atoms with Gasteiger partial charge in [0, 0.05) is 38.2 Å². The zero-order chi connectivity index (χ0) is 16.9. The third-order valence-corrected chi connectivity index (χ3v) is 4.53. The first-order valence-corrected chi connectivity index (χ1v) is 8.17. The molecule has 0 aromatic heterocycles. The van der Waals surface area contributed by atoms with Crippen molar-refractivity contribution < 1.29 is 14.3 Å². The molecule has 1 aliphatic rings. The minimum Gasteiger partial charge on any atom is -0.385 e. The summed E-state index contributed by atoms with van der Waals surface area (Å²) >= 11 is 5.89. The zero-order valence-electron chi connectivity index (χ0n) is 13.6. The normalized spacial score (nSPS) is 20.8. The lowest BCUT2D eigenvalue weighted by atomic mass is 9.97. The Balaban J connectivity index is 2.04. The van der Waals surface area contributed by atoms with E-state index in [1.807, 2.05) is 19.1 Å². The lowest BCUT2D eigenvalue weighted by Gasteiger charge is -2.34. The second-order valence-corrected chi connectivity index (χ2v) is 6.42. The van der Waals surface area contributed by atoms with Gasteiger partial charge in [-0.25, -0.2) is 0 Å². The number of ether oxygens (including phenoxy) is 1. The number of likely N-dealkylation sites (tertiary alicyclic amines) is 1. The summed E-state index contributed by atoms with van der Waals surface area (Å²) in [4.78, 5) is 26.5. The largest absolute Gasteiger partial charge is 0.385 e. The van der Waals surface area contributed by atoms with Gasteiger partial charge in [-0.1, -0.05) is 23.7 Å². The fraction of sp³-hybridized carbons (Fsp3) is 0.529. The highest BCUT2D eigenvalue weighted by molar-refractivity contribution is 6.30. The average molecular weight is 339 g/mol. The molecule has 0 spiro atoms. The number of nitrogens with one attached hydrogen (secondary N) is 1. The van der Waals surface area contributed by atoms with Gasteiger partial charge in [0.1, 0.15) is 5.54 Å². The number of methoxy groups -OCH3 is 1. The Morgan fingerprint density at radius 2 is 2.09 bits per heavy atom. The van der Waals surface area contributed by atoms with Crippen LogP contribution in [0.1, 0.15) is 31.7 Å². The number of carbonyl (C=O) groups is 2. The Kier molecular flexibility index (Phi) is 6.02. The number of hydrogen-bond acceptors (Lipinski definition) is 3. The number of carbonyl (C=O) groups excluding carboxylic acids is 2. The highest BCUT2D eigenvalue weighted by Gasteiger charge is 2.46. The standard InChI is InChI=1S/C17H23ClN2O3/c1-17(16(22)19-10-3-11-23-2)9-8-15(21)20(17)12-13-4-6-14(18)7-5-13/h4-7H,3,8-12H2,1-2H3,(H,19,22)/t17-/m0/s1. The van der Waals surface area contributed by atoms with Crippen LogP contribution in [-0.2, 0) is 20.9 Å². The predicted molar refractivity (Wildman–Crippen MR) is 89.1 cm³/mol. The van der Waals surface area contributed by atoms with Gasteiger partial charge in [-0.15, -0.1) is 0 Å². The third kappa shape index (κ3) is 4.24. The lowest BCUT2D eigenvalue weighted by Crippen LogP contribution is -2.54. The fourth-order valence-corrected chi connectivity index (χ4v) is 2.90. The van der Waals surface area contributed by atoms with E-state index in [0.717, 1.165) is 12.0 Å². The Bertz CT molecular complexity index is 561. The number of halogens is 1. The summed E-state index contributed by atoms with van der Waals surface area (Å²) in [6.07, 6.45) is 1.69. The minimum atomic E-state index is -0.802. The monoisotopic (exact) mass is 338 g/mol. The van der Waals surface area contributed by atoms with E-state index in [4.69, 9.17) is 16.3 Å². The van der Waals surface area contributed by atoms with Gasteiger partial charge in [-0.3, -0.25) is 9.59 Å². The highest BCUT2D eigenvalue weighted by atomic mass is 35.5. The van der Waals surface area contributed by atoms with Crippen molar-refractivity contribution in [3.63, 3.8) is 0 Å². The van der Waals surface area contributed by atoms with E-state index in [-0.39, 0.29) is 11.8 Å². The molecule has 1 saturated heterocycles. The number of nitrogens with zero attached hydrogens (tertiary/aromatic N) is 1. The summed E-state index contributed by atoms with van der Waals surface area (Å²) in [7, 11) is 1.63. The fourth-order valence-electron chi connectivity index (χ4n) is 2.78. The first kappa shape index (κ1) is 17.8. The van der Waals surface area contributed by atoms with Crippen LogP contribution in [0.5, 0.6) is 0 Å². The number of hydrogen-bond donors (Lipinski definition) is 1. The SMILES string of the molecule is COCCCNC(=O)[C@]1(C)CCC(=O)N1Cc1ccc(Cl)cc1. The third-order valence-electron chi connectivity index (χ3n) is 4.28. The van der Waals surface area contributed by atoms with E-state index in [0.29, 0.717) is 37.6 Å². The summed E-state index contributed by atoms with van der Waals surface area (Å²) < 4.78 is 4.97. The van der Waals surface area contributed by atoms with Crippen LogP contribution in [0, 0.1) is 0 Å². The molecule has 2 rings (SSSR count). The first-order chi connectivity index (χ1) is 11.0. The molecule has 5 nitrogen and oxygen atoms in total. The molecule has 1 heterocycles. The van der Waals surface area contributed by atoms with Crippen LogP contribution in [-0.4, -0.2) is 42.5 Å². The van der Waals surface area contributed by atoms with Crippen LogP contribution in [0.25, 0.3) is 0 Å². The number of amides is 2. The van der Waals surface area contributed by atoms with Crippen molar-refractivity contribution in [2.24, 2.45) is 0 Å². The summed E-state index contributed by atoms with van der Waals surface area (Å²) in [5.74, 6) is -0.0945. The molecule has 2 amide bonds. The van der Waals surface area contributed by atoms with Crippen LogP contribution in [0.2, 0.25) is 5.02 Å². The van der Waals surface area contributed by atoms with Crippen LogP contribution >= 0.6 is 11.6 Å². The van der Waals surface area contributed by atoms with Gasteiger partial charge < -0.3 is 15.0 Å². The molecule has 1 N–H and O–H groups in total. The molecular formula is C17H23ClN2O3. The molecule has 6 heteroatoms. The Morgan fingerprint density at radius 3 is 2.74 bits per heavy atom. The number of rotatable bonds is 7. The number of benzene rings is 1. The molecule has 1 aromatic rings. The van der Waals surface area contributed by atoms with Crippen molar-refractivity contribution in [1.29, 1.82) is 0 Å². The molecular weight excluding hydrogens is 316 g/mol. The van der Waals surface area contributed by atoms with Crippen molar-refractivity contribution in [2.45, 2.75) is 38.3 Å². The Morgan fingerprint density at radius 1 is 1.39 bits per heavy atom. The second-order valence-electron chi connectivity index (χ2n) is 5.98. The maximum atomic E-state index is 12.6. The molecule has 0 saturated carbocycles. The summed E-state index contributed by atoms with van der Waals surface area (Å²) in [5.41, 5.74) is 0.159. The van der Waals surface area contributed by atoms with Gasteiger partial charge in [0.05, 0.1) is 0 Å². The van der Waals surface area contributed by atoms with Gasteiger partial charge in [0.2, 0.25) is 11.8 Å². The molecule has 23 heavy (non-hydrogen) atoms. The van der Waals surface area contributed by atoms with E-state index in [9.17, 15) is 9.59 Å². The minimum absolute atomic E-state index is 0.00879. The molecule has 126 valence electrons. The highest BCUT2D eigenvalue weighted by Crippen LogP contribution is 2.32. The topological polar surface area (TPSA) is 58.6 Å². The van der Waals surface area contributed by atoms with E-state index in [1.54, 1.807) is 24.1 Å². The smallest absolute Gasteiger partial charge is 0.245 e. The zero-order valence-corrected chi connectivity index (χ0v) is 14.4. The maximum absolute atomic E-state index is 12.6. The van der Waals surface area contributed by atoms with E-state index in [1.165, 1.54) is 0 Å². The molecule has 0 aliphatic carbocycles. The molecule has 0 unspecified atom stereocenters. The van der Waals surface area contributed by atoms with Gasteiger partial charge in [-0.2, -0.15) is 0 Å². The van der Waals surface area contributed by atoms with E-state index < -0.39 is 5.54 Å². The van der Waals surface area contributed by atoms with E-state index >= 15 is 0 Å². The Hall–Kier alpha value is -1.59. The van der Waals surface area contributed by atoms with Crippen LogP contribution in [0.15, 0.2) is 24.3 Å². The lowest BCUT2D eigenvalue weighted by molar-refractivity contribution is -0.141. The van der Waals surface area contributed by atoms with Crippen LogP contribution in [0.4, 0.5) is 0 Å². The van der Waals surface area contributed by atoms with Crippen molar-refractivity contribution in [3.05, 3.63) is 34.9 Å². The predicted octanol–water partition coefficient (Wildman–Crippen LogP) is 2.37. The van der Waals surface area contributed by atoms with Crippen LogP contribution < -0.4 is 5.32 Å². The summed E-state index contributed by atoms with van der Waals surface area (Å²) in [6, 6.07) is 7.34. The summed E-state index contributed by atoms with van der Waals surface area (Å²) in [5, 5.41) is 3.56. The molecule has 1 aromatic carbocycles. The van der Waals surface area contributed by atoms with Gasteiger partial charge in [0.15, 0.2) is 0 Å². The van der Waals surface area contributed by atoms with Gasteiger partial charge in [-0.05, 0) is 37.5 Å². The Labute approximate surface area is 141 Å². The van der Waals surface area contributed by atoms with E-state index in [2.05, 4.69) is 5.32 Å². The summed E-state index contributed by atoms with van der Waals surface area (Å²) in [6.45, 7) is 3.40. The van der Waals surface area contributed by atoms with Crippen molar-refractivity contribution >= 4 is 23.4 Å². The van der Waals surface area contributed by atoms with Gasteiger partial charge in [0.25, 0.3) is 0 Å². The molecule has 0 bridgehead atoms. The van der Waals surface area contributed by atoms with Gasteiger partial charge >= 0.3 is 0 Å². The molecule has 1 atom stereocenters. The molecule has 0 radical (unpaired) electrons. The van der Waals surface area contributed by atoms with Crippen LogP contribution in [0.3, 0.4) is 0 Å². The van der Waals surface area contributed by atoms with Crippen molar-refractivity contribution in [2.75, 3.05) is 20.3 Å². The van der Waals surface area contributed by atoms with Crippen molar-refractivity contribution in [3.8, 4) is 0 Å². The second kappa shape index (κ2) is 7.79. The molecule has 1 aliphatic heterocycles. The average Bonchev–Trinajstić information content (AvgIpc) is 2.83. The molecule has 1 fully saturated rings. The van der Waals surface area contributed by atoms with Crippen molar-refractivity contribution in [1.82, 2.24) is 10.2 Å².